The molecule has 15 heteroatoms. The summed E-state index contributed by atoms with van der Waals surface area (Å²) in [5.74, 6) is -43.8. The SMILES string of the molecule is CS(=O)(=O)OC1(F)C(F)(F)C(F)(F)C(F)(F)C(F)(F)C1(F)F. The predicted octanol–water partition coefficient (Wildman–Crippen LogP) is 2.82. The molecule has 0 aliphatic heterocycles. The highest BCUT2D eigenvalue weighted by atomic mass is 32.2. The number of rotatable bonds is 2. The van der Waals surface area contributed by atoms with Crippen molar-refractivity contribution in [2.75, 3.05) is 6.26 Å². The van der Waals surface area contributed by atoms with E-state index in [1.165, 1.54) is 0 Å². The van der Waals surface area contributed by atoms with Gasteiger partial charge < -0.3 is 0 Å². The fourth-order valence-corrected chi connectivity index (χ4v) is 2.13. The second-order valence-electron chi connectivity index (χ2n) is 4.25. The van der Waals surface area contributed by atoms with Crippen LogP contribution in [0.3, 0.4) is 0 Å². The summed E-state index contributed by atoms with van der Waals surface area (Å²) in [5.41, 5.74) is 0. The first-order valence-electron chi connectivity index (χ1n) is 4.69. The van der Waals surface area contributed by atoms with Gasteiger partial charge in [0.2, 0.25) is 0 Å². The van der Waals surface area contributed by atoms with Crippen molar-refractivity contribution in [3.05, 3.63) is 0 Å². The molecule has 0 atom stereocenters. The van der Waals surface area contributed by atoms with Crippen LogP contribution in [0.15, 0.2) is 0 Å². The molecule has 0 N–H and O–H groups in total. The third-order valence-corrected chi connectivity index (χ3v) is 3.18. The van der Waals surface area contributed by atoms with Gasteiger partial charge in [-0.1, -0.05) is 0 Å². The highest BCUT2D eigenvalue weighted by Gasteiger charge is 3.02. The molecule has 0 heterocycles. The summed E-state index contributed by atoms with van der Waals surface area (Å²) in [6.07, 6.45) is -0.427. The molecule has 3 nitrogen and oxygen atoms in total. The standard InChI is InChI=1S/C7H3F11O3S/c1-22(19,20)21-7(18)5(14,15)3(10,11)2(8,9)4(12,13)6(7,16)17/h1H3. The lowest BCUT2D eigenvalue weighted by atomic mass is 9.79. The van der Waals surface area contributed by atoms with Gasteiger partial charge in [-0.3, -0.25) is 0 Å². The van der Waals surface area contributed by atoms with E-state index in [9.17, 15) is 56.7 Å². The first-order valence-corrected chi connectivity index (χ1v) is 6.51. The molecule has 0 spiro atoms. The largest absolute Gasteiger partial charge is 0.384 e. The topological polar surface area (TPSA) is 43.4 Å². The van der Waals surface area contributed by atoms with E-state index in [2.05, 4.69) is 4.18 Å². The molecule has 0 bridgehead atoms. The van der Waals surface area contributed by atoms with E-state index >= 15 is 0 Å². The Hall–Kier alpha value is -0.860. The lowest BCUT2D eigenvalue weighted by Gasteiger charge is -2.51. The molecule has 1 saturated carbocycles. The maximum Gasteiger partial charge on any atom is 0.384 e. The summed E-state index contributed by atoms with van der Waals surface area (Å²) in [6, 6.07) is 0. The monoisotopic (exact) mass is 376 g/mol. The van der Waals surface area contributed by atoms with E-state index in [1.54, 1.807) is 0 Å². The number of halogens is 11. The molecule has 1 aliphatic rings. The predicted molar refractivity (Wildman–Crippen MR) is 44.5 cm³/mol. The first-order chi connectivity index (χ1) is 9.21. The summed E-state index contributed by atoms with van der Waals surface area (Å²) in [7, 11) is -5.81. The van der Waals surface area contributed by atoms with E-state index in [0.29, 0.717) is 0 Å². The maximum atomic E-state index is 13.6. The Morgan fingerprint density at radius 1 is 0.591 bits per heavy atom. The second-order valence-corrected chi connectivity index (χ2v) is 5.83. The fourth-order valence-electron chi connectivity index (χ4n) is 1.51. The zero-order chi connectivity index (χ0) is 18.2. The normalized spacial score (nSPS) is 30.7. The van der Waals surface area contributed by atoms with Crippen molar-refractivity contribution in [2.45, 2.75) is 35.5 Å². The molecule has 0 saturated heterocycles. The van der Waals surface area contributed by atoms with E-state index < -0.39 is 51.8 Å². The van der Waals surface area contributed by atoms with Gasteiger partial charge in [-0.2, -0.15) is 56.7 Å². The molecule has 1 rings (SSSR count). The van der Waals surface area contributed by atoms with E-state index in [0.717, 1.165) is 0 Å². The van der Waals surface area contributed by atoms with Crippen LogP contribution in [-0.4, -0.2) is 50.1 Å². The van der Waals surface area contributed by atoms with Gasteiger partial charge in [0.1, 0.15) is 0 Å². The minimum atomic E-state index is -7.41. The van der Waals surface area contributed by atoms with Crippen molar-refractivity contribution in [2.24, 2.45) is 0 Å². The number of alkyl halides is 11. The Kier molecular flexibility index (Phi) is 3.62. The highest BCUT2D eigenvalue weighted by Crippen LogP contribution is 2.69. The van der Waals surface area contributed by atoms with Gasteiger partial charge >= 0.3 is 35.5 Å². The quantitative estimate of drug-likeness (QED) is 0.550. The first kappa shape index (κ1) is 19.2. The summed E-state index contributed by atoms with van der Waals surface area (Å²) in [4.78, 5) is 0. The van der Waals surface area contributed by atoms with Gasteiger partial charge in [-0.25, -0.2) is 4.18 Å². The minimum Gasteiger partial charge on any atom is -0.217 e. The van der Waals surface area contributed by atoms with Gasteiger partial charge in [-0.15, -0.1) is 0 Å². The minimum absolute atomic E-state index is 0.427. The molecule has 0 radical (unpaired) electrons. The van der Waals surface area contributed by atoms with Crippen LogP contribution < -0.4 is 0 Å². The van der Waals surface area contributed by atoms with Gasteiger partial charge in [0.15, 0.2) is 0 Å². The average Bonchev–Trinajstić information content (AvgIpc) is 2.23. The van der Waals surface area contributed by atoms with Crippen LogP contribution in [-0.2, 0) is 14.3 Å². The lowest BCUT2D eigenvalue weighted by Crippen LogP contribution is -2.84. The maximum absolute atomic E-state index is 13.6. The van der Waals surface area contributed by atoms with Crippen molar-refractivity contribution < 1.29 is 60.9 Å². The number of hydrogen-bond acceptors (Lipinski definition) is 3. The second kappa shape index (κ2) is 4.15. The van der Waals surface area contributed by atoms with E-state index in [4.69, 9.17) is 0 Å². The summed E-state index contributed by atoms with van der Waals surface area (Å²) in [5, 5.41) is 0. The molecule has 0 aromatic carbocycles. The van der Waals surface area contributed by atoms with Crippen LogP contribution >= 0.6 is 0 Å². The molecule has 0 aromatic heterocycles. The van der Waals surface area contributed by atoms with Gasteiger partial charge in [-0.05, 0) is 0 Å². The van der Waals surface area contributed by atoms with Crippen LogP contribution in [0, 0.1) is 0 Å². The van der Waals surface area contributed by atoms with Gasteiger partial charge in [0.25, 0.3) is 10.1 Å². The molecular weight excluding hydrogens is 373 g/mol. The third kappa shape index (κ3) is 1.80. The molecule has 132 valence electrons. The van der Waals surface area contributed by atoms with Crippen LogP contribution in [0.5, 0.6) is 0 Å². The zero-order valence-electron chi connectivity index (χ0n) is 9.79. The fraction of sp³-hybridized carbons (Fsp3) is 1.00. The Labute approximate surface area is 114 Å². The van der Waals surface area contributed by atoms with Crippen molar-refractivity contribution >= 4 is 10.1 Å². The zero-order valence-corrected chi connectivity index (χ0v) is 10.6. The van der Waals surface area contributed by atoms with Crippen molar-refractivity contribution in [1.82, 2.24) is 0 Å². The Balaban J connectivity index is 3.85. The van der Waals surface area contributed by atoms with Crippen molar-refractivity contribution in [3.8, 4) is 0 Å². The molecule has 22 heavy (non-hydrogen) atoms. The van der Waals surface area contributed by atoms with Crippen LogP contribution in [0.25, 0.3) is 0 Å². The van der Waals surface area contributed by atoms with Crippen LogP contribution in [0.4, 0.5) is 48.3 Å². The van der Waals surface area contributed by atoms with Gasteiger partial charge in [0.05, 0.1) is 6.26 Å². The molecule has 1 fully saturated rings. The molecule has 0 amide bonds. The molecule has 0 aromatic rings. The Bertz CT molecular complexity index is 550. The van der Waals surface area contributed by atoms with Crippen molar-refractivity contribution in [3.63, 3.8) is 0 Å². The molecule has 1 aliphatic carbocycles. The summed E-state index contributed by atoms with van der Waals surface area (Å²) < 4.78 is 166. The smallest absolute Gasteiger partial charge is 0.217 e. The Morgan fingerprint density at radius 2 is 0.818 bits per heavy atom. The number of hydrogen-bond donors (Lipinski definition) is 0. The average molecular weight is 376 g/mol. The van der Waals surface area contributed by atoms with Gasteiger partial charge in [0, 0.05) is 0 Å². The molecular formula is C7H3F11O3S. The van der Waals surface area contributed by atoms with Crippen molar-refractivity contribution in [1.29, 1.82) is 0 Å². The Morgan fingerprint density at radius 3 is 1.05 bits per heavy atom. The summed E-state index contributed by atoms with van der Waals surface area (Å²) >= 11 is 0. The van der Waals surface area contributed by atoms with E-state index in [-0.39, 0.29) is 0 Å². The van der Waals surface area contributed by atoms with Crippen LogP contribution in [0.1, 0.15) is 0 Å². The van der Waals surface area contributed by atoms with E-state index in [1.807, 2.05) is 0 Å². The third-order valence-electron chi connectivity index (χ3n) is 2.65. The highest BCUT2D eigenvalue weighted by molar-refractivity contribution is 7.86. The molecule has 0 unspecified atom stereocenters. The lowest BCUT2D eigenvalue weighted by molar-refractivity contribution is -0.513. The van der Waals surface area contributed by atoms with Crippen LogP contribution in [0.2, 0.25) is 0 Å². The summed E-state index contributed by atoms with van der Waals surface area (Å²) in [6.45, 7) is 0.